The molecule has 0 aliphatic carbocycles. The van der Waals surface area contributed by atoms with Crippen LogP contribution in [0.25, 0.3) is 0 Å². The van der Waals surface area contributed by atoms with Gasteiger partial charge in [-0.15, -0.1) is 0 Å². The van der Waals surface area contributed by atoms with Gasteiger partial charge in [0.2, 0.25) is 0 Å². The predicted molar refractivity (Wildman–Crippen MR) is 84.1 cm³/mol. The minimum Gasteiger partial charge on any atom is -0.478 e. The van der Waals surface area contributed by atoms with Crippen molar-refractivity contribution in [1.82, 2.24) is 4.90 Å². The summed E-state index contributed by atoms with van der Waals surface area (Å²) in [6, 6.07) is 6.85. The number of carbonyl (C=O) groups is 1. The van der Waals surface area contributed by atoms with Crippen LogP contribution < -0.4 is 4.90 Å². The molecule has 6 heteroatoms. The average Bonchev–Trinajstić information content (AvgIpc) is 2.55. The zero-order chi connectivity index (χ0) is 16.4. The Hall–Kier alpha value is -1.69. The Morgan fingerprint density at radius 2 is 1.74 bits per heavy atom. The van der Waals surface area contributed by atoms with E-state index in [2.05, 4.69) is 9.80 Å². The summed E-state index contributed by atoms with van der Waals surface area (Å²) in [5.74, 6) is -3.47. The maximum Gasteiger partial charge on any atom is 0.335 e. The van der Waals surface area contributed by atoms with Crippen LogP contribution in [0.5, 0.6) is 0 Å². The van der Waals surface area contributed by atoms with Crippen LogP contribution in [0.2, 0.25) is 0 Å². The largest absolute Gasteiger partial charge is 0.478 e. The van der Waals surface area contributed by atoms with E-state index in [-0.39, 0.29) is 24.6 Å². The molecule has 3 rings (SSSR count). The first-order valence-corrected chi connectivity index (χ1v) is 8.18. The monoisotopic (exact) mass is 324 g/mol. The topological polar surface area (TPSA) is 43.8 Å². The van der Waals surface area contributed by atoms with E-state index in [0.29, 0.717) is 13.1 Å². The fourth-order valence-corrected chi connectivity index (χ4v) is 3.54. The molecular weight excluding hydrogens is 302 g/mol. The van der Waals surface area contributed by atoms with Crippen molar-refractivity contribution in [2.75, 3.05) is 24.5 Å². The Labute approximate surface area is 134 Å². The Balaban J connectivity index is 1.75. The molecule has 1 aromatic carbocycles. The quantitative estimate of drug-likeness (QED) is 0.925. The van der Waals surface area contributed by atoms with Crippen LogP contribution in [0, 0.1) is 0 Å². The fraction of sp³-hybridized carbons (Fsp3) is 0.588. The lowest BCUT2D eigenvalue weighted by Gasteiger charge is -2.46. The standard InChI is InChI=1S/C17H22F2N2O2/c18-17(19)8-11-20(12-9-17)15-3-1-2-10-21(15)14-6-4-13(5-7-14)16(22)23/h4-7,15H,1-3,8-12H2,(H,22,23). The number of carboxylic acids is 1. The van der Waals surface area contributed by atoms with Gasteiger partial charge < -0.3 is 10.0 Å². The van der Waals surface area contributed by atoms with E-state index < -0.39 is 11.9 Å². The molecule has 1 aromatic rings. The number of rotatable bonds is 3. The highest BCUT2D eigenvalue weighted by atomic mass is 19.3. The number of aromatic carboxylic acids is 1. The Kier molecular flexibility index (Phi) is 4.53. The maximum absolute atomic E-state index is 13.4. The van der Waals surface area contributed by atoms with Gasteiger partial charge in [0.05, 0.1) is 11.7 Å². The molecule has 0 spiro atoms. The summed E-state index contributed by atoms with van der Waals surface area (Å²) >= 11 is 0. The fourth-order valence-electron chi connectivity index (χ4n) is 3.54. The number of hydrogen-bond donors (Lipinski definition) is 1. The van der Waals surface area contributed by atoms with Crippen LogP contribution >= 0.6 is 0 Å². The van der Waals surface area contributed by atoms with E-state index in [0.717, 1.165) is 31.5 Å². The van der Waals surface area contributed by atoms with Gasteiger partial charge in [0.1, 0.15) is 0 Å². The molecule has 23 heavy (non-hydrogen) atoms. The SMILES string of the molecule is O=C(O)c1ccc(N2CCCCC2N2CCC(F)(F)CC2)cc1. The van der Waals surface area contributed by atoms with Crippen molar-refractivity contribution < 1.29 is 18.7 Å². The molecule has 2 heterocycles. The summed E-state index contributed by atoms with van der Waals surface area (Å²) in [6.45, 7) is 1.72. The van der Waals surface area contributed by atoms with E-state index in [9.17, 15) is 13.6 Å². The molecule has 0 saturated carbocycles. The highest BCUT2D eigenvalue weighted by Gasteiger charge is 2.38. The Morgan fingerprint density at radius 1 is 1.09 bits per heavy atom. The molecule has 2 saturated heterocycles. The summed E-state index contributed by atoms with van der Waals surface area (Å²) in [6.07, 6.45) is 3.12. The molecule has 2 aliphatic heterocycles. The van der Waals surface area contributed by atoms with Crippen molar-refractivity contribution in [3.8, 4) is 0 Å². The minimum absolute atomic E-state index is 0.0741. The molecule has 4 nitrogen and oxygen atoms in total. The molecule has 1 N–H and O–H groups in total. The molecule has 0 amide bonds. The number of halogens is 2. The second-order valence-corrected chi connectivity index (χ2v) is 6.41. The molecule has 126 valence electrons. The number of nitrogens with zero attached hydrogens (tertiary/aromatic N) is 2. The molecule has 0 bridgehead atoms. The molecule has 2 aliphatic rings. The van der Waals surface area contributed by atoms with E-state index in [1.165, 1.54) is 0 Å². The van der Waals surface area contributed by atoms with Crippen LogP contribution in [-0.2, 0) is 0 Å². The second-order valence-electron chi connectivity index (χ2n) is 6.41. The number of benzene rings is 1. The van der Waals surface area contributed by atoms with E-state index in [1.807, 2.05) is 12.1 Å². The zero-order valence-corrected chi connectivity index (χ0v) is 13.0. The Bertz CT molecular complexity index is 552. The molecular formula is C17H22F2N2O2. The summed E-state index contributed by atoms with van der Waals surface area (Å²) in [5, 5.41) is 9.00. The van der Waals surface area contributed by atoms with E-state index in [4.69, 9.17) is 5.11 Å². The van der Waals surface area contributed by atoms with Gasteiger partial charge in [-0.05, 0) is 43.5 Å². The van der Waals surface area contributed by atoms with Gasteiger partial charge in [-0.2, -0.15) is 0 Å². The second kappa shape index (κ2) is 6.43. The van der Waals surface area contributed by atoms with Crippen molar-refractivity contribution in [2.45, 2.75) is 44.2 Å². The van der Waals surface area contributed by atoms with Crippen molar-refractivity contribution in [2.24, 2.45) is 0 Å². The third kappa shape index (κ3) is 3.63. The normalized spacial score (nSPS) is 25.3. The minimum atomic E-state index is -2.53. The van der Waals surface area contributed by atoms with Crippen molar-refractivity contribution in [1.29, 1.82) is 0 Å². The van der Waals surface area contributed by atoms with Crippen LogP contribution in [0.1, 0.15) is 42.5 Å². The number of piperidine rings is 2. The predicted octanol–water partition coefficient (Wildman–Crippen LogP) is 3.43. The lowest BCUT2D eigenvalue weighted by molar-refractivity contribution is -0.0648. The van der Waals surface area contributed by atoms with E-state index >= 15 is 0 Å². The van der Waals surface area contributed by atoms with Gasteiger partial charge in [-0.1, -0.05) is 0 Å². The number of alkyl halides is 2. The first kappa shape index (κ1) is 16.2. The van der Waals surface area contributed by atoms with Gasteiger partial charge in [0, 0.05) is 38.2 Å². The molecule has 2 fully saturated rings. The van der Waals surface area contributed by atoms with Gasteiger partial charge in [-0.3, -0.25) is 4.90 Å². The van der Waals surface area contributed by atoms with Gasteiger partial charge in [-0.25, -0.2) is 13.6 Å². The number of likely N-dealkylation sites (tertiary alicyclic amines) is 1. The van der Waals surface area contributed by atoms with Crippen LogP contribution in [-0.4, -0.2) is 47.7 Å². The van der Waals surface area contributed by atoms with Gasteiger partial charge in [0.25, 0.3) is 5.92 Å². The molecule has 0 radical (unpaired) electrons. The summed E-state index contributed by atoms with van der Waals surface area (Å²) in [5.41, 5.74) is 1.23. The van der Waals surface area contributed by atoms with Crippen LogP contribution in [0.4, 0.5) is 14.5 Å². The van der Waals surface area contributed by atoms with E-state index in [1.54, 1.807) is 12.1 Å². The smallest absolute Gasteiger partial charge is 0.335 e. The van der Waals surface area contributed by atoms with Crippen molar-refractivity contribution >= 4 is 11.7 Å². The summed E-state index contributed by atoms with van der Waals surface area (Å²) < 4.78 is 26.8. The number of anilines is 1. The van der Waals surface area contributed by atoms with Crippen molar-refractivity contribution in [3.05, 3.63) is 29.8 Å². The molecule has 1 unspecified atom stereocenters. The highest BCUT2D eigenvalue weighted by Crippen LogP contribution is 2.33. The first-order chi connectivity index (χ1) is 11.0. The lowest BCUT2D eigenvalue weighted by atomic mass is 10.0. The number of carboxylic acid groups (broad SMARTS) is 1. The van der Waals surface area contributed by atoms with Gasteiger partial charge >= 0.3 is 5.97 Å². The van der Waals surface area contributed by atoms with Gasteiger partial charge in [0.15, 0.2) is 0 Å². The van der Waals surface area contributed by atoms with Crippen LogP contribution in [0.15, 0.2) is 24.3 Å². The lowest BCUT2D eigenvalue weighted by Crippen LogP contribution is -2.54. The number of hydrogen-bond acceptors (Lipinski definition) is 3. The maximum atomic E-state index is 13.4. The average molecular weight is 324 g/mol. The van der Waals surface area contributed by atoms with Crippen LogP contribution in [0.3, 0.4) is 0 Å². The molecule has 1 atom stereocenters. The summed E-state index contributed by atoms with van der Waals surface area (Å²) in [4.78, 5) is 15.4. The highest BCUT2D eigenvalue weighted by molar-refractivity contribution is 5.88. The third-order valence-corrected chi connectivity index (χ3v) is 4.87. The summed E-state index contributed by atoms with van der Waals surface area (Å²) in [7, 11) is 0. The zero-order valence-electron chi connectivity index (χ0n) is 13.0. The first-order valence-electron chi connectivity index (χ1n) is 8.18. The third-order valence-electron chi connectivity index (χ3n) is 4.87. The molecule has 0 aromatic heterocycles. The van der Waals surface area contributed by atoms with Crippen molar-refractivity contribution in [3.63, 3.8) is 0 Å². The Morgan fingerprint density at radius 3 is 2.35 bits per heavy atom.